The van der Waals surface area contributed by atoms with Gasteiger partial charge in [-0.2, -0.15) is 0 Å². The summed E-state index contributed by atoms with van der Waals surface area (Å²) in [5.41, 5.74) is 3.23. The Morgan fingerprint density at radius 2 is 2.21 bits per heavy atom. The summed E-state index contributed by atoms with van der Waals surface area (Å²) < 4.78 is 6.07. The second-order valence-corrected chi connectivity index (χ2v) is 7.68. The number of ether oxygens (including phenoxy) is 1. The van der Waals surface area contributed by atoms with Crippen molar-refractivity contribution < 1.29 is 14.6 Å². The fourth-order valence-corrected chi connectivity index (χ4v) is 4.38. The second kappa shape index (κ2) is 6.95. The Kier molecular flexibility index (Phi) is 4.28. The third kappa shape index (κ3) is 3.14. The molecule has 1 fully saturated rings. The van der Waals surface area contributed by atoms with Gasteiger partial charge in [0.05, 0.1) is 6.54 Å². The molecule has 3 unspecified atom stereocenters. The summed E-state index contributed by atoms with van der Waals surface area (Å²) in [6, 6.07) is 10.2. The summed E-state index contributed by atoms with van der Waals surface area (Å²) in [5.74, 6) is 2.07. The van der Waals surface area contributed by atoms with E-state index in [1.54, 1.807) is 12.3 Å². The molecule has 0 bridgehead atoms. The number of piperidine rings is 1. The van der Waals surface area contributed by atoms with E-state index in [2.05, 4.69) is 16.4 Å². The lowest BCUT2D eigenvalue weighted by Gasteiger charge is -2.33. The van der Waals surface area contributed by atoms with E-state index in [1.807, 2.05) is 35.2 Å². The van der Waals surface area contributed by atoms with Gasteiger partial charge in [-0.25, -0.2) is 4.98 Å². The molecular formula is C22H23N3O3. The van der Waals surface area contributed by atoms with Crippen LogP contribution in [0.15, 0.2) is 42.6 Å². The first kappa shape index (κ1) is 17.3. The normalized spacial score (nSPS) is 25.5. The molecule has 0 radical (unpaired) electrons. The summed E-state index contributed by atoms with van der Waals surface area (Å²) in [7, 11) is 0. The summed E-state index contributed by atoms with van der Waals surface area (Å²) in [5, 5.41) is 12.6. The molecule has 4 heterocycles. The van der Waals surface area contributed by atoms with Crippen LogP contribution in [0.5, 0.6) is 5.75 Å². The van der Waals surface area contributed by atoms with Gasteiger partial charge < -0.3 is 20.1 Å². The minimum absolute atomic E-state index is 0.00396. The Hall–Kier alpha value is -2.86. The van der Waals surface area contributed by atoms with Gasteiger partial charge >= 0.3 is 0 Å². The minimum atomic E-state index is -0.533. The molecule has 1 amide bonds. The van der Waals surface area contributed by atoms with E-state index in [0.717, 1.165) is 42.1 Å². The largest absolute Gasteiger partial charge is 0.488 e. The molecule has 1 saturated heterocycles. The highest BCUT2D eigenvalue weighted by Gasteiger charge is 2.39. The highest BCUT2D eigenvalue weighted by Crippen LogP contribution is 2.42. The molecule has 1 aromatic carbocycles. The minimum Gasteiger partial charge on any atom is -0.488 e. The molecule has 28 heavy (non-hydrogen) atoms. The van der Waals surface area contributed by atoms with Crippen LogP contribution in [0.2, 0.25) is 0 Å². The fraction of sp³-hybridized carbons (Fsp3) is 0.364. The predicted molar refractivity (Wildman–Crippen MR) is 106 cm³/mol. The number of rotatable bonds is 2. The number of hydrogen-bond acceptors (Lipinski definition) is 5. The zero-order chi connectivity index (χ0) is 19.1. The number of nitrogens with zero attached hydrogens (tertiary/aromatic N) is 2. The number of likely N-dealkylation sites (tertiary alicyclic amines) is 1. The van der Waals surface area contributed by atoms with Crippen molar-refractivity contribution in [3.05, 3.63) is 59.3 Å². The molecule has 3 aliphatic rings. The number of carbonyl (C=O) groups is 1. The molecule has 5 rings (SSSR count). The average Bonchev–Trinajstić information content (AvgIpc) is 3.09. The van der Waals surface area contributed by atoms with Gasteiger partial charge in [-0.05, 0) is 48.6 Å². The van der Waals surface area contributed by atoms with Crippen LogP contribution in [0.25, 0.3) is 6.08 Å². The molecule has 2 aromatic rings. The van der Waals surface area contributed by atoms with Crippen LogP contribution < -0.4 is 10.1 Å². The highest BCUT2D eigenvalue weighted by atomic mass is 16.5. The molecule has 6 nitrogen and oxygen atoms in total. The summed E-state index contributed by atoms with van der Waals surface area (Å²) in [6.07, 6.45) is 7.04. The van der Waals surface area contributed by atoms with Crippen molar-refractivity contribution in [2.24, 2.45) is 0 Å². The second-order valence-electron chi connectivity index (χ2n) is 7.68. The predicted octanol–water partition coefficient (Wildman–Crippen LogP) is 2.55. The Morgan fingerprint density at radius 3 is 3.14 bits per heavy atom. The Bertz CT molecular complexity index is 942. The molecule has 3 aliphatic heterocycles. The lowest BCUT2D eigenvalue weighted by Crippen LogP contribution is -2.45. The lowest BCUT2D eigenvalue weighted by atomic mass is 9.89. The summed E-state index contributed by atoms with van der Waals surface area (Å²) in [6.45, 7) is 1.36. The lowest BCUT2D eigenvalue weighted by molar-refractivity contribution is -0.128. The smallest absolute Gasteiger partial charge is 0.246 e. The van der Waals surface area contributed by atoms with Crippen molar-refractivity contribution in [2.45, 2.75) is 37.5 Å². The fourth-order valence-electron chi connectivity index (χ4n) is 4.38. The summed E-state index contributed by atoms with van der Waals surface area (Å²) >= 11 is 0. The number of pyridine rings is 1. The first-order valence-corrected chi connectivity index (χ1v) is 9.83. The van der Waals surface area contributed by atoms with E-state index < -0.39 is 6.23 Å². The highest BCUT2D eigenvalue weighted by molar-refractivity contribution is 5.92. The van der Waals surface area contributed by atoms with Gasteiger partial charge in [-0.1, -0.05) is 18.2 Å². The van der Waals surface area contributed by atoms with E-state index in [9.17, 15) is 9.90 Å². The number of nitrogens with one attached hydrogen (secondary N) is 1. The van der Waals surface area contributed by atoms with Gasteiger partial charge in [0.15, 0.2) is 0 Å². The standard InChI is InChI=1S/C22H23N3O3/c26-20-7-6-15-11-14(12-23-22(15)24-20)5-8-21(27)25-10-9-17-16-3-1-2-4-18(16)28-19(17)13-25/h1-5,8,11-12,17,19-20,26H,6-7,9-10,13H2,(H,23,24)/b8-5+. The van der Waals surface area contributed by atoms with Gasteiger partial charge in [-0.15, -0.1) is 0 Å². The maximum absolute atomic E-state index is 12.7. The Labute approximate surface area is 163 Å². The van der Waals surface area contributed by atoms with Crippen LogP contribution in [0.3, 0.4) is 0 Å². The van der Waals surface area contributed by atoms with Crippen LogP contribution in [-0.2, 0) is 11.2 Å². The van der Waals surface area contributed by atoms with Crippen molar-refractivity contribution >= 4 is 17.8 Å². The van der Waals surface area contributed by atoms with Gasteiger partial charge in [0.2, 0.25) is 5.91 Å². The Balaban J connectivity index is 1.25. The van der Waals surface area contributed by atoms with Crippen LogP contribution in [0.1, 0.15) is 35.4 Å². The molecule has 0 spiro atoms. The zero-order valence-electron chi connectivity index (χ0n) is 15.5. The van der Waals surface area contributed by atoms with E-state index in [1.165, 1.54) is 5.56 Å². The first-order valence-electron chi connectivity index (χ1n) is 9.83. The van der Waals surface area contributed by atoms with Gasteiger partial charge in [0, 0.05) is 30.3 Å². The van der Waals surface area contributed by atoms with E-state index in [-0.39, 0.29) is 12.0 Å². The van der Waals surface area contributed by atoms with Crippen molar-refractivity contribution in [3.63, 3.8) is 0 Å². The van der Waals surface area contributed by atoms with Crippen LogP contribution in [-0.4, -0.2) is 46.3 Å². The third-order valence-corrected chi connectivity index (χ3v) is 5.86. The Morgan fingerprint density at radius 1 is 1.32 bits per heavy atom. The molecule has 144 valence electrons. The third-order valence-electron chi connectivity index (χ3n) is 5.86. The van der Waals surface area contributed by atoms with E-state index in [0.29, 0.717) is 18.9 Å². The number of amides is 1. The summed E-state index contributed by atoms with van der Waals surface area (Å²) in [4.78, 5) is 18.9. The number of fused-ring (bicyclic) bond motifs is 4. The number of aryl methyl sites for hydroxylation is 1. The monoisotopic (exact) mass is 377 g/mol. The van der Waals surface area contributed by atoms with Crippen molar-refractivity contribution in [2.75, 3.05) is 18.4 Å². The number of aliphatic hydroxyl groups excluding tert-OH is 1. The van der Waals surface area contributed by atoms with Crippen LogP contribution in [0, 0.1) is 0 Å². The number of aromatic nitrogens is 1. The van der Waals surface area contributed by atoms with Crippen LogP contribution in [0.4, 0.5) is 5.82 Å². The molecular weight excluding hydrogens is 354 g/mol. The number of hydrogen-bond donors (Lipinski definition) is 2. The molecule has 3 atom stereocenters. The molecule has 0 aliphatic carbocycles. The molecule has 0 saturated carbocycles. The van der Waals surface area contributed by atoms with Crippen molar-refractivity contribution in [1.29, 1.82) is 0 Å². The quantitative estimate of drug-likeness (QED) is 0.787. The topological polar surface area (TPSA) is 74.7 Å². The molecule has 1 aromatic heterocycles. The van der Waals surface area contributed by atoms with Gasteiger partial charge in [-0.3, -0.25) is 4.79 Å². The zero-order valence-corrected chi connectivity index (χ0v) is 15.5. The van der Waals surface area contributed by atoms with Gasteiger partial charge in [0.1, 0.15) is 23.9 Å². The molecule has 2 N–H and O–H groups in total. The van der Waals surface area contributed by atoms with E-state index >= 15 is 0 Å². The SMILES string of the molecule is O=C(/C=C/c1cnc2c(c1)CCC(O)N2)N1CCC2c3ccccc3OC2C1. The molecule has 6 heteroatoms. The van der Waals surface area contributed by atoms with Gasteiger partial charge in [0.25, 0.3) is 0 Å². The maximum Gasteiger partial charge on any atom is 0.246 e. The number of aliphatic hydroxyl groups is 1. The number of carbonyl (C=O) groups excluding carboxylic acids is 1. The van der Waals surface area contributed by atoms with Crippen LogP contribution >= 0.6 is 0 Å². The number of benzene rings is 1. The van der Waals surface area contributed by atoms with Crippen molar-refractivity contribution in [1.82, 2.24) is 9.88 Å². The van der Waals surface area contributed by atoms with E-state index in [4.69, 9.17) is 4.74 Å². The average molecular weight is 377 g/mol. The first-order chi connectivity index (χ1) is 13.7. The number of anilines is 1. The maximum atomic E-state index is 12.7. The number of para-hydroxylation sites is 1. The van der Waals surface area contributed by atoms with Crippen molar-refractivity contribution in [3.8, 4) is 5.75 Å².